The normalized spacial score (nSPS) is 14.5. The topological polar surface area (TPSA) is 9.23 Å². The SMILES string of the molecule is C=C[C@@H](C)[C@@H](O[Si](c1ccccc1)(c1ccccc1)C(C)(C)C)/C(C)=C/Cc1ccccc1. The molecule has 3 aromatic rings. The summed E-state index contributed by atoms with van der Waals surface area (Å²) in [6.07, 6.45) is 5.22. The molecular weight excluding hydrogens is 416 g/mol. The first-order valence-electron chi connectivity index (χ1n) is 11.9. The molecule has 0 bridgehead atoms. The Morgan fingerprint density at radius 2 is 1.30 bits per heavy atom. The van der Waals surface area contributed by atoms with Gasteiger partial charge in [0, 0.05) is 5.92 Å². The molecule has 0 saturated carbocycles. The minimum Gasteiger partial charge on any atom is -0.400 e. The van der Waals surface area contributed by atoms with Gasteiger partial charge in [0.15, 0.2) is 0 Å². The highest BCUT2D eigenvalue weighted by atomic mass is 28.4. The molecule has 0 saturated heterocycles. The van der Waals surface area contributed by atoms with Crippen LogP contribution in [-0.4, -0.2) is 14.4 Å². The second-order valence-electron chi connectivity index (χ2n) is 9.93. The molecule has 3 rings (SSSR count). The van der Waals surface area contributed by atoms with Crippen molar-refractivity contribution in [3.63, 3.8) is 0 Å². The summed E-state index contributed by atoms with van der Waals surface area (Å²) < 4.78 is 7.48. The molecule has 3 aromatic carbocycles. The fourth-order valence-corrected chi connectivity index (χ4v) is 9.43. The van der Waals surface area contributed by atoms with Gasteiger partial charge in [-0.1, -0.05) is 131 Å². The summed E-state index contributed by atoms with van der Waals surface area (Å²) >= 11 is 0. The van der Waals surface area contributed by atoms with Crippen molar-refractivity contribution in [1.29, 1.82) is 0 Å². The molecule has 2 heteroatoms. The van der Waals surface area contributed by atoms with E-state index in [0.717, 1.165) is 6.42 Å². The number of allylic oxidation sites excluding steroid dienone is 1. The van der Waals surface area contributed by atoms with Crippen LogP contribution >= 0.6 is 0 Å². The molecule has 0 spiro atoms. The third kappa shape index (κ3) is 5.63. The Labute approximate surface area is 202 Å². The van der Waals surface area contributed by atoms with Crippen molar-refractivity contribution >= 4 is 18.7 Å². The van der Waals surface area contributed by atoms with Gasteiger partial charge in [-0.05, 0) is 39.9 Å². The molecule has 0 radical (unpaired) electrons. The molecule has 0 amide bonds. The molecule has 0 aliphatic carbocycles. The van der Waals surface area contributed by atoms with Gasteiger partial charge in [0.25, 0.3) is 8.32 Å². The van der Waals surface area contributed by atoms with Crippen LogP contribution in [0.5, 0.6) is 0 Å². The molecule has 0 unspecified atom stereocenters. The van der Waals surface area contributed by atoms with Crippen molar-refractivity contribution in [2.45, 2.75) is 52.2 Å². The molecule has 172 valence electrons. The van der Waals surface area contributed by atoms with Gasteiger partial charge in [-0.2, -0.15) is 0 Å². The molecule has 33 heavy (non-hydrogen) atoms. The minimum absolute atomic E-state index is 0.0440. The second-order valence-corrected chi connectivity index (χ2v) is 14.2. The molecule has 0 aliphatic heterocycles. The van der Waals surface area contributed by atoms with E-state index in [2.05, 4.69) is 138 Å². The van der Waals surface area contributed by atoms with Gasteiger partial charge in [-0.15, -0.1) is 6.58 Å². The predicted molar refractivity (Wildman–Crippen MR) is 146 cm³/mol. The zero-order chi connectivity index (χ0) is 23.9. The van der Waals surface area contributed by atoms with Gasteiger partial charge < -0.3 is 4.43 Å². The first kappa shape index (κ1) is 24.9. The van der Waals surface area contributed by atoms with E-state index >= 15 is 0 Å². The van der Waals surface area contributed by atoms with Crippen LogP contribution in [0.2, 0.25) is 5.04 Å². The van der Waals surface area contributed by atoms with E-state index in [-0.39, 0.29) is 17.1 Å². The number of hydrogen-bond donors (Lipinski definition) is 0. The number of rotatable bonds is 9. The average Bonchev–Trinajstić information content (AvgIpc) is 2.84. The van der Waals surface area contributed by atoms with Crippen molar-refractivity contribution in [1.82, 2.24) is 0 Å². The Bertz CT molecular complexity index is 993. The Morgan fingerprint density at radius 3 is 1.73 bits per heavy atom. The van der Waals surface area contributed by atoms with Crippen LogP contribution in [0.1, 0.15) is 40.2 Å². The highest BCUT2D eigenvalue weighted by Gasteiger charge is 2.51. The lowest BCUT2D eigenvalue weighted by atomic mass is 9.97. The van der Waals surface area contributed by atoms with Gasteiger partial charge in [0.05, 0.1) is 6.10 Å². The molecule has 1 nitrogen and oxygen atoms in total. The van der Waals surface area contributed by atoms with Crippen LogP contribution in [0.25, 0.3) is 0 Å². The van der Waals surface area contributed by atoms with Crippen molar-refractivity contribution in [2.24, 2.45) is 5.92 Å². The summed E-state index contributed by atoms with van der Waals surface area (Å²) in [6, 6.07) is 32.4. The van der Waals surface area contributed by atoms with Gasteiger partial charge >= 0.3 is 0 Å². The average molecular weight is 455 g/mol. The molecule has 0 N–H and O–H groups in total. The first-order valence-corrected chi connectivity index (χ1v) is 13.8. The molecule has 0 fully saturated rings. The largest absolute Gasteiger partial charge is 0.400 e. The number of benzene rings is 3. The summed E-state index contributed by atoms with van der Waals surface area (Å²) in [6.45, 7) is 15.6. The summed E-state index contributed by atoms with van der Waals surface area (Å²) in [5.41, 5.74) is 2.58. The van der Waals surface area contributed by atoms with Crippen LogP contribution in [0, 0.1) is 5.92 Å². The summed E-state index contributed by atoms with van der Waals surface area (Å²) in [7, 11) is -2.65. The first-order chi connectivity index (χ1) is 15.8. The maximum Gasteiger partial charge on any atom is 0.261 e. The third-order valence-electron chi connectivity index (χ3n) is 6.52. The standard InChI is InChI=1S/C31H38OSi/c1-7-25(2)30(26(3)23-24-27-17-11-8-12-18-27)32-33(31(4,5)6,28-19-13-9-14-20-28)29-21-15-10-16-22-29/h7-23,25,30H,1,24H2,2-6H3/b26-23+/t25-,30-/m1/s1. The Hall–Kier alpha value is -2.68. The highest BCUT2D eigenvalue weighted by Crippen LogP contribution is 2.39. The van der Waals surface area contributed by atoms with E-state index in [1.165, 1.54) is 21.5 Å². The van der Waals surface area contributed by atoms with Crippen molar-refractivity contribution in [2.75, 3.05) is 0 Å². The second kappa shape index (κ2) is 11.0. The summed E-state index contributed by atoms with van der Waals surface area (Å²) in [4.78, 5) is 0. The van der Waals surface area contributed by atoms with Gasteiger partial charge in [-0.25, -0.2) is 0 Å². The lowest BCUT2D eigenvalue weighted by Crippen LogP contribution is -2.68. The van der Waals surface area contributed by atoms with E-state index < -0.39 is 8.32 Å². The lowest BCUT2D eigenvalue weighted by Gasteiger charge is -2.46. The monoisotopic (exact) mass is 454 g/mol. The quantitative estimate of drug-likeness (QED) is 0.251. The van der Waals surface area contributed by atoms with Crippen LogP contribution in [0.3, 0.4) is 0 Å². The van der Waals surface area contributed by atoms with Gasteiger partial charge in [0.2, 0.25) is 0 Å². The van der Waals surface area contributed by atoms with E-state index in [9.17, 15) is 0 Å². The highest BCUT2D eigenvalue weighted by molar-refractivity contribution is 6.99. The van der Waals surface area contributed by atoms with Crippen LogP contribution in [0.15, 0.2) is 115 Å². The minimum atomic E-state index is -2.65. The van der Waals surface area contributed by atoms with E-state index in [0.29, 0.717) is 0 Å². The van der Waals surface area contributed by atoms with Gasteiger partial charge in [-0.3, -0.25) is 0 Å². The van der Waals surface area contributed by atoms with E-state index in [1.807, 2.05) is 6.08 Å². The van der Waals surface area contributed by atoms with E-state index in [4.69, 9.17) is 4.43 Å². The molecule has 0 heterocycles. The molecular formula is C31H38OSi. The smallest absolute Gasteiger partial charge is 0.261 e. The van der Waals surface area contributed by atoms with Crippen LogP contribution in [0.4, 0.5) is 0 Å². The summed E-state index contributed by atoms with van der Waals surface area (Å²) in [5, 5.41) is 2.55. The fraction of sp³-hybridized carbons (Fsp3) is 0.290. The Balaban J connectivity index is 2.13. The Morgan fingerprint density at radius 1 is 0.848 bits per heavy atom. The summed E-state index contributed by atoms with van der Waals surface area (Å²) in [5.74, 6) is 0.193. The van der Waals surface area contributed by atoms with Crippen LogP contribution < -0.4 is 10.4 Å². The predicted octanol–water partition coefficient (Wildman–Crippen LogP) is 6.94. The fourth-order valence-electron chi connectivity index (χ4n) is 4.63. The lowest BCUT2D eigenvalue weighted by molar-refractivity contribution is 0.185. The molecule has 2 atom stereocenters. The zero-order valence-electron chi connectivity index (χ0n) is 20.8. The molecule has 0 aromatic heterocycles. The van der Waals surface area contributed by atoms with Crippen molar-refractivity contribution in [3.8, 4) is 0 Å². The van der Waals surface area contributed by atoms with Gasteiger partial charge in [0.1, 0.15) is 0 Å². The van der Waals surface area contributed by atoms with Crippen molar-refractivity contribution in [3.05, 3.63) is 121 Å². The maximum atomic E-state index is 7.48. The van der Waals surface area contributed by atoms with E-state index in [1.54, 1.807) is 0 Å². The van der Waals surface area contributed by atoms with Crippen LogP contribution in [-0.2, 0) is 10.8 Å². The third-order valence-corrected chi connectivity index (χ3v) is 11.5. The Kier molecular flexibility index (Phi) is 8.28. The zero-order valence-corrected chi connectivity index (χ0v) is 21.8. The molecule has 0 aliphatic rings. The maximum absolute atomic E-state index is 7.48. The van der Waals surface area contributed by atoms with Crippen molar-refractivity contribution < 1.29 is 4.43 Å². The number of hydrogen-bond acceptors (Lipinski definition) is 1.